The third kappa shape index (κ3) is 26.7. The van der Waals surface area contributed by atoms with Gasteiger partial charge in [0.25, 0.3) is 5.91 Å². The summed E-state index contributed by atoms with van der Waals surface area (Å²) in [6.45, 7) is 5.84. The molecule has 0 heterocycles. The van der Waals surface area contributed by atoms with Crippen LogP contribution in [0.3, 0.4) is 0 Å². The van der Waals surface area contributed by atoms with Crippen LogP contribution in [-0.2, 0) is 72.0 Å². The van der Waals surface area contributed by atoms with Crippen molar-refractivity contribution in [2.24, 2.45) is 45.5 Å². The van der Waals surface area contributed by atoms with Crippen molar-refractivity contribution in [3.63, 3.8) is 0 Å². The second kappa shape index (κ2) is 37.6. The molecule has 10 atom stereocenters. The third-order valence-corrected chi connectivity index (χ3v) is 13.8. The Bertz CT molecular complexity index is 2920. The molecule has 0 radical (unpaired) electrons. The first-order chi connectivity index (χ1) is 42.1. The van der Waals surface area contributed by atoms with Crippen LogP contribution in [0.4, 0.5) is 4.79 Å². The summed E-state index contributed by atoms with van der Waals surface area (Å²) in [6, 6.07) is 8.17. The number of benzene rings is 3. The predicted molar refractivity (Wildman–Crippen MR) is 325 cm³/mol. The van der Waals surface area contributed by atoms with Crippen molar-refractivity contribution in [2.45, 2.75) is 140 Å². The largest absolute Gasteiger partial charge is 0.508 e. The van der Waals surface area contributed by atoms with Crippen molar-refractivity contribution in [1.82, 2.24) is 58.7 Å². The van der Waals surface area contributed by atoms with Crippen LogP contribution in [0.5, 0.6) is 5.75 Å². The Kier molecular flexibility index (Phi) is 31.0. The Morgan fingerprint density at radius 1 is 0.506 bits per heavy atom. The van der Waals surface area contributed by atoms with Gasteiger partial charge in [-0.2, -0.15) is 0 Å². The summed E-state index contributed by atoms with van der Waals surface area (Å²) in [5, 5.41) is 42.4. The number of carbonyl (C=O) groups excluding carboxylic acids is 12. The van der Waals surface area contributed by atoms with Crippen LogP contribution in [-0.4, -0.2) is 162 Å². The molecular formula is C58H85N17O14. The molecule has 0 aliphatic heterocycles. The first kappa shape index (κ1) is 73.3. The number of hydrazine groups is 1. The number of carbonyl (C=O) groups is 12. The Morgan fingerprint density at radius 3 is 1.48 bits per heavy atom. The van der Waals surface area contributed by atoms with E-state index in [9.17, 15) is 67.7 Å². The maximum Gasteiger partial charge on any atom is 0.334 e. The van der Waals surface area contributed by atoms with Gasteiger partial charge in [0.15, 0.2) is 5.96 Å². The van der Waals surface area contributed by atoms with E-state index in [0.717, 1.165) is 0 Å². The SMILES string of the molecule is CC[C@H](C)[C@H](NC(=O)[C@H](CC(N)=O)NC(=O)[C@H](N)Cc1ccc(O)cc1)C(=O)N[C@@H](CC(N)=O)C(=O)N[C@@H](CO)C(=O)N[C@@H](Cc1ccccc1)C(=O)NNC(=O)N[C@@H](CC(C)C)C(=O)N[C@@H](CCCNC(N)=NC)C(=O)N[C@@H](Cc1ccccc1)C(N)=O. The van der Waals surface area contributed by atoms with E-state index in [1.807, 2.05) is 0 Å². The van der Waals surface area contributed by atoms with Crippen LogP contribution < -0.4 is 87.4 Å². The van der Waals surface area contributed by atoms with E-state index in [1.165, 1.54) is 31.3 Å². The van der Waals surface area contributed by atoms with Gasteiger partial charge in [0.05, 0.1) is 25.5 Å². The minimum absolute atomic E-state index is 0.0180. The summed E-state index contributed by atoms with van der Waals surface area (Å²) in [6.07, 6.45) is -1.31. The Balaban J connectivity index is 1.79. The van der Waals surface area contributed by atoms with Gasteiger partial charge in [-0.1, -0.05) is 107 Å². The van der Waals surface area contributed by atoms with E-state index < -0.39 is 151 Å². The Hall–Kier alpha value is -9.91. The predicted octanol–water partition coefficient (Wildman–Crippen LogP) is -4.53. The van der Waals surface area contributed by atoms with Crippen molar-refractivity contribution in [3.05, 3.63) is 102 Å². The second-order valence-electron chi connectivity index (χ2n) is 21.5. The molecule has 13 amide bonds. The monoisotopic (exact) mass is 1240 g/mol. The quantitative estimate of drug-likeness (QED) is 0.0113. The molecule has 31 nitrogen and oxygen atoms in total. The van der Waals surface area contributed by atoms with Crippen LogP contribution in [0.15, 0.2) is 89.9 Å². The summed E-state index contributed by atoms with van der Waals surface area (Å²) in [7, 11) is 1.47. The molecule has 0 fully saturated rings. The third-order valence-electron chi connectivity index (χ3n) is 13.8. The van der Waals surface area contributed by atoms with Gasteiger partial charge in [-0.25, -0.2) is 10.2 Å². The number of aromatic hydroxyl groups is 1. The van der Waals surface area contributed by atoms with Crippen LogP contribution in [0.1, 0.15) is 82.9 Å². The number of urea groups is 1. The molecule has 0 saturated carbocycles. The summed E-state index contributed by atoms with van der Waals surface area (Å²) < 4.78 is 0. The minimum Gasteiger partial charge on any atom is -0.508 e. The lowest BCUT2D eigenvalue weighted by molar-refractivity contribution is -0.137. The summed E-state index contributed by atoms with van der Waals surface area (Å²) in [5.74, 6) is -11.8. The van der Waals surface area contributed by atoms with Crippen LogP contribution in [0.2, 0.25) is 0 Å². The molecule has 0 aliphatic carbocycles. The lowest BCUT2D eigenvalue weighted by Crippen LogP contribution is -2.62. The molecule has 31 heteroatoms. The average molecular weight is 1240 g/mol. The fourth-order valence-electron chi connectivity index (χ4n) is 8.68. The number of aliphatic hydroxyl groups is 1. The van der Waals surface area contributed by atoms with E-state index in [4.69, 9.17) is 28.7 Å². The van der Waals surface area contributed by atoms with Crippen molar-refractivity contribution in [1.29, 1.82) is 0 Å². The van der Waals surface area contributed by atoms with Crippen molar-refractivity contribution in [3.8, 4) is 5.75 Å². The van der Waals surface area contributed by atoms with Crippen molar-refractivity contribution < 1.29 is 67.7 Å². The fraction of sp³-hybridized carbons (Fsp3) is 0.466. The molecule has 0 saturated heterocycles. The molecule has 486 valence electrons. The van der Waals surface area contributed by atoms with Gasteiger partial charge < -0.3 is 86.7 Å². The minimum atomic E-state index is -1.88. The van der Waals surface area contributed by atoms with Gasteiger partial charge in [-0.05, 0) is 66.3 Å². The number of rotatable bonds is 36. The van der Waals surface area contributed by atoms with Gasteiger partial charge in [0.1, 0.15) is 54.1 Å². The topological polar surface area (TPSA) is 520 Å². The number of nitrogens with one attached hydrogen (secondary N) is 11. The van der Waals surface area contributed by atoms with E-state index in [-0.39, 0.29) is 69.1 Å². The number of guanidine groups is 1. The van der Waals surface area contributed by atoms with Crippen molar-refractivity contribution >= 4 is 77.0 Å². The van der Waals surface area contributed by atoms with Gasteiger partial charge in [-0.15, -0.1) is 0 Å². The highest BCUT2D eigenvalue weighted by atomic mass is 16.3. The lowest BCUT2D eigenvalue weighted by Gasteiger charge is -2.29. The molecule has 0 unspecified atom stereocenters. The van der Waals surface area contributed by atoms with E-state index in [1.54, 1.807) is 88.4 Å². The average Bonchev–Trinajstić information content (AvgIpc) is 3.64. The first-order valence-corrected chi connectivity index (χ1v) is 28.7. The Labute approximate surface area is 514 Å². The fourth-order valence-corrected chi connectivity index (χ4v) is 8.68. The maximum absolute atomic E-state index is 14.0. The van der Waals surface area contributed by atoms with Crippen LogP contribution in [0.25, 0.3) is 0 Å². The van der Waals surface area contributed by atoms with Crippen molar-refractivity contribution in [2.75, 3.05) is 20.2 Å². The standard InChI is InChI=1S/C58H85N17O14/c1-6-32(4)47(73-53(85)43(29-46(61)79)68-49(81)37(59)25-35-19-21-36(77)22-20-35)56(88)70-42(28-45(60)78)52(84)71-44(30-76)54(86)69-41(27-34-16-11-8-12-17-34)55(87)74-75-58(89)72-40(24-31(2)3)51(83)66-38(18-13-23-65-57(63)64-5)50(82)67-39(48(62)80)26-33-14-9-7-10-15-33/h7-12,14-17,19-22,31-32,37-44,47,76-77H,6,13,18,23-30,59H2,1-5H3,(H2,60,78)(H2,61,79)(H2,62,80)(H,66,83)(H,67,82)(H,68,81)(H,69,86)(H,70,88)(H,71,84)(H,73,85)(H,74,87)(H3,63,64,65)(H2,72,75,89)/t32-,37+,38-,39-,40-,41-,42-,43-,44-,47-/m0/s1. The number of phenolic OH excluding ortho intramolecular Hbond substituents is 1. The number of phenols is 1. The highest BCUT2D eigenvalue weighted by Gasteiger charge is 2.36. The molecule has 0 bridgehead atoms. The number of hydrogen-bond acceptors (Lipinski definition) is 16. The molecule has 3 aromatic carbocycles. The normalized spacial score (nSPS) is 14.5. The van der Waals surface area contributed by atoms with Crippen LogP contribution >= 0.6 is 0 Å². The van der Waals surface area contributed by atoms with Crippen LogP contribution in [0, 0.1) is 11.8 Å². The number of amides is 13. The smallest absolute Gasteiger partial charge is 0.334 e. The summed E-state index contributed by atoms with van der Waals surface area (Å²) in [5.41, 5.74) is 34.5. The first-order valence-electron chi connectivity index (χ1n) is 28.7. The zero-order valence-electron chi connectivity index (χ0n) is 50.3. The highest BCUT2D eigenvalue weighted by Crippen LogP contribution is 2.14. The molecule has 0 aliphatic rings. The molecule has 23 N–H and O–H groups in total. The molecule has 89 heavy (non-hydrogen) atoms. The number of hydrogen-bond donors (Lipinski definition) is 18. The molecule has 3 rings (SSSR count). The van der Waals surface area contributed by atoms with E-state index in [2.05, 4.69) is 63.7 Å². The second-order valence-corrected chi connectivity index (χ2v) is 21.5. The molecule has 3 aromatic rings. The number of nitrogens with two attached hydrogens (primary N) is 5. The van der Waals surface area contributed by atoms with E-state index in [0.29, 0.717) is 16.7 Å². The Morgan fingerprint density at radius 2 is 0.966 bits per heavy atom. The molecular weight excluding hydrogens is 1160 g/mol. The molecule has 0 aromatic heterocycles. The number of aliphatic hydroxyl groups excluding tert-OH is 1. The number of nitrogens with zero attached hydrogens (tertiary/aromatic N) is 1. The highest BCUT2D eigenvalue weighted by molar-refractivity contribution is 5.99. The number of primary amides is 3. The van der Waals surface area contributed by atoms with E-state index >= 15 is 0 Å². The number of aliphatic imine (C=N–C) groups is 1. The zero-order valence-corrected chi connectivity index (χ0v) is 50.3. The lowest BCUT2D eigenvalue weighted by atomic mass is 9.97. The van der Waals surface area contributed by atoms with Gasteiger partial charge in [-0.3, -0.25) is 63.2 Å². The van der Waals surface area contributed by atoms with Gasteiger partial charge in [0.2, 0.25) is 59.1 Å². The van der Waals surface area contributed by atoms with Gasteiger partial charge in [0, 0.05) is 26.4 Å². The van der Waals surface area contributed by atoms with Gasteiger partial charge >= 0.3 is 6.03 Å². The summed E-state index contributed by atoms with van der Waals surface area (Å²) in [4.78, 5) is 165. The maximum atomic E-state index is 14.0. The molecule has 0 spiro atoms. The summed E-state index contributed by atoms with van der Waals surface area (Å²) >= 11 is 0. The zero-order chi connectivity index (χ0) is 66.3.